The molecule has 2 bridgehead atoms. The van der Waals surface area contributed by atoms with Gasteiger partial charge in [-0.25, -0.2) is 4.79 Å². The Morgan fingerprint density at radius 1 is 1.04 bits per heavy atom. The number of hydrogen-bond donors (Lipinski definition) is 0. The topological polar surface area (TPSA) is 29.5 Å². The lowest BCUT2D eigenvalue weighted by molar-refractivity contribution is 0.0734. The van der Waals surface area contributed by atoms with Crippen molar-refractivity contribution in [3.63, 3.8) is 0 Å². The summed E-state index contributed by atoms with van der Waals surface area (Å²) in [6.07, 6.45) is 5.43. The van der Waals surface area contributed by atoms with E-state index in [1.54, 1.807) is 12.1 Å². The molecule has 27 heavy (non-hydrogen) atoms. The third kappa shape index (κ3) is 4.08. The van der Waals surface area contributed by atoms with Gasteiger partial charge in [-0.1, -0.05) is 36.8 Å². The van der Waals surface area contributed by atoms with E-state index in [0.717, 1.165) is 18.4 Å². The molecule has 3 heteroatoms. The molecule has 2 aromatic rings. The van der Waals surface area contributed by atoms with E-state index < -0.39 is 0 Å². The highest BCUT2D eigenvalue weighted by molar-refractivity contribution is 5.90. The van der Waals surface area contributed by atoms with Gasteiger partial charge in [0.15, 0.2) is 0 Å². The van der Waals surface area contributed by atoms with Gasteiger partial charge in [0.2, 0.25) is 0 Å². The predicted octanol–water partition coefficient (Wildman–Crippen LogP) is 4.99. The Kier molecular flexibility index (Phi) is 5.31. The monoisotopic (exact) mass is 363 g/mol. The third-order valence-corrected chi connectivity index (χ3v) is 6.37. The Morgan fingerprint density at radius 3 is 2.63 bits per heavy atom. The van der Waals surface area contributed by atoms with Gasteiger partial charge in [0.1, 0.15) is 5.75 Å². The van der Waals surface area contributed by atoms with Crippen molar-refractivity contribution in [1.82, 2.24) is 4.90 Å². The fraction of sp³-hybridized carbons (Fsp3) is 0.458. The van der Waals surface area contributed by atoms with Crippen LogP contribution < -0.4 is 4.74 Å². The Labute approximate surface area is 162 Å². The lowest BCUT2D eigenvalue weighted by Gasteiger charge is -2.38. The molecule has 142 valence electrons. The fourth-order valence-corrected chi connectivity index (χ4v) is 5.21. The summed E-state index contributed by atoms with van der Waals surface area (Å²) in [4.78, 5) is 14.7. The molecular formula is C24H29NO2. The minimum atomic E-state index is -0.290. The number of hydrogen-bond acceptors (Lipinski definition) is 3. The Bertz CT molecular complexity index is 786. The van der Waals surface area contributed by atoms with E-state index >= 15 is 0 Å². The second-order valence-corrected chi connectivity index (χ2v) is 8.54. The number of nitrogens with zero attached hydrogens (tertiary/aromatic N) is 1. The summed E-state index contributed by atoms with van der Waals surface area (Å²) in [7, 11) is 4.35. The van der Waals surface area contributed by atoms with Crippen molar-refractivity contribution >= 4 is 5.97 Å². The average molecular weight is 364 g/mol. The molecule has 0 amide bonds. The largest absolute Gasteiger partial charge is 0.423 e. The zero-order chi connectivity index (χ0) is 18.8. The SMILES string of the molecule is CN(C)C[C@H]1C2CCC(C2)C[C@H]1c1cccc(OC(=O)c2ccccc2)c1. The van der Waals surface area contributed by atoms with E-state index in [9.17, 15) is 4.79 Å². The lowest BCUT2D eigenvalue weighted by Crippen LogP contribution is -2.34. The van der Waals surface area contributed by atoms with Gasteiger partial charge in [-0.15, -0.1) is 0 Å². The summed E-state index contributed by atoms with van der Waals surface area (Å²) < 4.78 is 5.67. The van der Waals surface area contributed by atoms with Gasteiger partial charge in [0, 0.05) is 6.54 Å². The first-order chi connectivity index (χ1) is 13.1. The zero-order valence-corrected chi connectivity index (χ0v) is 16.3. The summed E-state index contributed by atoms with van der Waals surface area (Å²) in [5, 5.41) is 0. The first kappa shape index (κ1) is 18.2. The normalized spacial score (nSPS) is 26.9. The maximum absolute atomic E-state index is 12.4. The number of rotatable bonds is 5. The molecule has 2 aliphatic carbocycles. The van der Waals surface area contributed by atoms with Crippen LogP contribution in [0.15, 0.2) is 54.6 Å². The second kappa shape index (κ2) is 7.85. The molecule has 0 heterocycles. The molecule has 0 aromatic heterocycles. The molecule has 2 fully saturated rings. The highest BCUT2D eigenvalue weighted by atomic mass is 16.5. The minimum Gasteiger partial charge on any atom is -0.423 e. The molecule has 3 nitrogen and oxygen atoms in total. The van der Waals surface area contributed by atoms with Gasteiger partial charge >= 0.3 is 5.97 Å². The quantitative estimate of drug-likeness (QED) is 0.554. The van der Waals surface area contributed by atoms with Crippen molar-refractivity contribution in [2.75, 3.05) is 20.6 Å². The smallest absolute Gasteiger partial charge is 0.343 e. The number of esters is 1. The molecule has 4 atom stereocenters. The van der Waals surface area contributed by atoms with Crippen LogP contribution in [0, 0.1) is 17.8 Å². The van der Waals surface area contributed by atoms with Crippen LogP contribution in [0.4, 0.5) is 0 Å². The number of carbonyl (C=O) groups excluding carboxylic acids is 1. The molecule has 0 radical (unpaired) electrons. The summed E-state index contributed by atoms with van der Waals surface area (Å²) in [5.74, 6) is 3.33. The van der Waals surface area contributed by atoms with Crippen LogP contribution in [0.5, 0.6) is 5.75 Å². The van der Waals surface area contributed by atoms with Crippen LogP contribution >= 0.6 is 0 Å². The zero-order valence-electron chi connectivity index (χ0n) is 16.3. The van der Waals surface area contributed by atoms with Gasteiger partial charge in [0.05, 0.1) is 5.56 Å². The van der Waals surface area contributed by atoms with Crippen molar-refractivity contribution in [2.24, 2.45) is 17.8 Å². The molecule has 0 aliphatic heterocycles. The molecule has 0 spiro atoms. The number of ether oxygens (including phenoxy) is 1. The molecule has 4 rings (SSSR count). The number of benzene rings is 2. The first-order valence-electron chi connectivity index (χ1n) is 10.1. The number of carbonyl (C=O) groups is 1. The minimum absolute atomic E-state index is 0.290. The van der Waals surface area contributed by atoms with E-state index in [0.29, 0.717) is 23.1 Å². The van der Waals surface area contributed by atoms with Crippen LogP contribution in [0.2, 0.25) is 0 Å². The van der Waals surface area contributed by atoms with Crippen LogP contribution in [0.25, 0.3) is 0 Å². The summed E-state index contributed by atoms with van der Waals surface area (Å²) >= 11 is 0. The summed E-state index contributed by atoms with van der Waals surface area (Å²) in [5.41, 5.74) is 1.92. The summed E-state index contributed by atoms with van der Waals surface area (Å²) in [6, 6.07) is 17.4. The second-order valence-electron chi connectivity index (χ2n) is 8.54. The average Bonchev–Trinajstić information content (AvgIpc) is 3.07. The van der Waals surface area contributed by atoms with Crippen LogP contribution in [-0.2, 0) is 0 Å². The standard InChI is InChI=1S/C24H29NO2/c1-25(2)16-23-20-12-11-17(13-20)14-22(23)19-9-6-10-21(15-19)27-24(26)18-7-4-3-5-8-18/h3-10,15,17,20,22-23H,11-14,16H2,1-2H3/t17?,20?,22-,23-/m0/s1. The maximum atomic E-state index is 12.4. The van der Waals surface area contributed by atoms with Gasteiger partial charge < -0.3 is 9.64 Å². The maximum Gasteiger partial charge on any atom is 0.343 e. The predicted molar refractivity (Wildman–Crippen MR) is 108 cm³/mol. The van der Waals surface area contributed by atoms with Gasteiger partial charge in [-0.2, -0.15) is 0 Å². The lowest BCUT2D eigenvalue weighted by atomic mass is 9.69. The Morgan fingerprint density at radius 2 is 1.85 bits per heavy atom. The van der Waals surface area contributed by atoms with E-state index in [4.69, 9.17) is 4.74 Å². The van der Waals surface area contributed by atoms with Gasteiger partial charge in [-0.3, -0.25) is 0 Å². The van der Waals surface area contributed by atoms with Crippen molar-refractivity contribution in [3.8, 4) is 5.75 Å². The Hall–Kier alpha value is -2.13. The molecule has 2 unspecified atom stereocenters. The molecule has 0 N–H and O–H groups in total. The molecule has 2 aromatic carbocycles. The molecule has 2 saturated carbocycles. The Balaban J connectivity index is 1.55. The van der Waals surface area contributed by atoms with E-state index in [-0.39, 0.29) is 5.97 Å². The van der Waals surface area contributed by atoms with E-state index in [2.05, 4.69) is 31.1 Å². The van der Waals surface area contributed by atoms with Gasteiger partial charge in [0.25, 0.3) is 0 Å². The fourth-order valence-electron chi connectivity index (χ4n) is 5.21. The highest BCUT2D eigenvalue weighted by Gasteiger charge is 2.42. The molecular weight excluding hydrogens is 334 g/mol. The van der Waals surface area contributed by atoms with E-state index in [1.165, 1.54) is 31.2 Å². The van der Waals surface area contributed by atoms with Crippen molar-refractivity contribution < 1.29 is 9.53 Å². The van der Waals surface area contributed by atoms with Crippen molar-refractivity contribution in [3.05, 3.63) is 65.7 Å². The van der Waals surface area contributed by atoms with Crippen molar-refractivity contribution in [2.45, 2.75) is 31.6 Å². The van der Waals surface area contributed by atoms with Crippen LogP contribution in [0.3, 0.4) is 0 Å². The number of fused-ring (bicyclic) bond motifs is 2. The third-order valence-electron chi connectivity index (χ3n) is 6.37. The summed E-state index contributed by atoms with van der Waals surface area (Å²) in [6.45, 7) is 1.14. The van der Waals surface area contributed by atoms with E-state index in [1.807, 2.05) is 30.3 Å². The molecule has 2 aliphatic rings. The highest BCUT2D eigenvalue weighted by Crippen LogP contribution is 2.52. The van der Waals surface area contributed by atoms with Gasteiger partial charge in [-0.05, 0) is 86.9 Å². The van der Waals surface area contributed by atoms with Crippen LogP contribution in [0.1, 0.15) is 47.5 Å². The first-order valence-corrected chi connectivity index (χ1v) is 10.1. The van der Waals surface area contributed by atoms with Crippen molar-refractivity contribution in [1.29, 1.82) is 0 Å². The van der Waals surface area contributed by atoms with Crippen LogP contribution in [-0.4, -0.2) is 31.5 Å². The molecule has 0 saturated heterocycles.